The minimum atomic E-state index is 0.854. The quantitative estimate of drug-likeness (QED) is 0.826. The summed E-state index contributed by atoms with van der Waals surface area (Å²) >= 11 is 2.07. The van der Waals surface area contributed by atoms with E-state index in [1.807, 2.05) is 12.4 Å². The lowest BCUT2D eigenvalue weighted by molar-refractivity contribution is 0.631. The van der Waals surface area contributed by atoms with E-state index >= 15 is 0 Å². The first-order valence-electron chi connectivity index (χ1n) is 5.08. The average molecular weight is 208 g/mol. The van der Waals surface area contributed by atoms with Crippen molar-refractivity contribution in [1.29, 1.82) is 0 Å². The van der Waals surface area contributed by atoms with Crippen molar-refractivity contribution in [2.24, 2.45) is 5.92 Å². The summed E-state index contributed by atoms with van der Waals surface area (Å²) in [6, 6.07) is 2.05. The lowest BCUT2D eigenvalue weighted by atomic mass is 10.1. The van der Waals surface area contributed by atoms with Crippen LogP contribution in [0.5, 0.6) is 0 Å². The fourth-order valence-corrected chi connectivity index (χ4v) is 2.95. The highest BCUT2D eigenvalue weighted by molar-refractivity contribution is 7.99. The van der Waals surface area contributed by atoms with Gasteiger partial charge in [0.25, 0.3) is 0 Å². The van der Waals surface area contributed by atoms with E-state index in [1.165, 1.54) is 29.2 Å². The van der Waals surface area contributed by atoms with E-state index in [9.17, 15) is 0 Å². The number of pyridine rings is 1. The van der Waals surface area contributed by atoms with Crippen molar-refractivity contribution in [3.05, 3.63) is 24.0 Å². The van der Waals surface area contributed by atoms with Gasteiger partial charge in [0.05, 0.1) is 0 Å². The highest BCUT2D eigenvalue weighted by Gasteiger charge is 2.14. The summed E-state index contributed by atoms with van der Waals surface area (Å²) in [4.78, 5) is 4.08. The lowest BCUT2D eigenvalue weighted by Gasteiger charge is -2.12. The molecule has 2 nitrogen and oxygen atoms in total. The molecule has 1 aromatic heterocycles. The Balaban J connectivity index is 1.88. The van der Waals surface area contributed by atoms with Gasteiger partial charge in [-0.15, -0.1) is 0 Å². The zero-order chi connectivity index (χ0) is 9.80. The number of rotatable bonds is 3. The van der Waals surface area contributed by atoms with Crippen molar-refractivity contribution in [2.45, 2.75) is 13.3 Å². The highest BCUT2D eigenvalue weighted by atomic mass is 32.2. The summed E-state index contributed by atoms with van der Waals surface area (Å²) in [5.41, 5.74) is 2.47. The minimum Gasteiger partial charge on any atom is -0.384 e. The van der Waals surface area contributed by atoms with Gasteiger partial charge >= 0.3 is 0 Å². The molecule has 0 aromatic carbocycles. The maximum absolute atomic E-state index is 4.08. The van der Waals surface area contributed by atoms with Gasteiger partial charge in [0.15, 0.2) is 0 Å². The minimum absolute atomic E-state index is 0.854. The molecule has 2 heterocycles. The number of nitrogens with zero attached hydrogens (tertiary/aromatic N) is 1. The molecule has 1 N–H and O–H groups in total. The van der Waals surface area contributed by atoms with Gasteiger partial charge in [-0.3, -0.25) is 4.98 Å². The molecule has 2 rings (SSSR count). The molecule has 1 aromatic rings. The molecule has 1 atom stereocenters. The number of hydrogen-bond donors (Lipinski definition) is 1. The van der Waals surface area contributed by atoms with Gasteiger partial charge in [-0.1, -0.05) is 0 Å². The molecule has 0 radical (unpaired) electrons. The lowest BCUT2D eigenvalue weighted by Crippen LogP contribution is -2.14. The first-order valence-corrected chi connectivity index (χ1v) is 6.24. The maximum Gasteiger partial charge on any atom is 0.0400 e. The van der Waals surface area contributed by atoms with Crippen LogP contribution >= 0.6 is 11.8 Å². The summed E-state index contributed by atoms with van der Waals surface area (Å²) in [6.45, 7) is 3.20. The zero-order valence-electron chi connectivity index (χ0n) is 8.49. The Morgan fingerprint density at radius 3 is 3.29 bits per heavy atom. The molecule has 76 valence electrons. The molecule has 0 bridgehead atoms. The van der Waals surface area contributed by atoms with E-state index in [-0.39, 0.29) is 0 Å². The van der Waals surface area contributed by atoms with Crippen LogP contribution in [0.3, 0.4) is 0 Å². The SMILES string of the molecule is Cc1cnccc1NCC1CCSC1. The van der Waals surface area contributed by atoms with Gasteiger partial charge in [0, 0.05) is 24.6 Å². The number of aryl methyl sites for hydroxylation is 1. The Labute approximate surface area is 89.5 Å². The highest BCUT2D eigenvalue weighted by Crippen LogP contribution is 2.24. The molecule has 0 aliphatic carbocycles. The second-order valence-corrected chi connectivity index (χ2v) is 4.95. The molecule has 1 fully saturated rings. The van der Waals surface area contributed by atoms with Crippen molar-refractivity contribution >= 4 is 17.4 Å². The van der Waals surface area contributed by atoms with Crippen molar-refractivity contribution in [3.8, 4) is 0 Å². The van der Waals surface area contributed by atoms with E-state index in [4.69, 9.17) is 0 Å². The van der Waals surface area contributed by atoms with E-state index in [1.54, 1.807) is 0 Å². The number of hydrogen-bond acceptors (Lipinski definition) is 3. The van der Waals surface area contributed by atoms with E-state index in [0.29, 0.717) is 0 Å². The van der Waals surface area contributed by atoms with E-state index in [2.05, 4.69) is 35.1 Å². The van der Waals surface area contributed by atoms with Crippen LogP contribution in [0.2, 0.25) is 0 Å². The Kier molecular flexibility index (Phi) is 3.30. The maximum atomic E-state index is 4.08. The Hall–Kier alpha value is -0.700. The molecular formula is C11H16N2S. The van der Waals surface area contributed by atoms with Gasteiger partial charge in [0.1, 0.15) is 0 Å². The van der Waals surface area contributed by atoms with Crippen LogP contribution in [-0.4, -0.2) is 23.0 Å². The standard InChI is InChI=1S/C11H16N2S/c1-9-6-12-4-2-11(9)13-7-10-3-5-14-8-10/h2,4,6,10H,3,5,7-8H2,1H3,(H,12,13). The summed E-state index contributed by atoms with van der Waals surface area (Å²) in [6.07, 6.45) is 5.12. The zero-order valence-corrected chi connectivity index (χ0v) is 9.31. The third-order valence-electron chi connectivity index (χ3n) is 2.63. The topological polar surface area (TPSA) is 24.9 Å². The molecule has 0 saturated carbocycles. The second kappa shape index (κ2) is 4.69. The van der Waals surface area contributed by atoms with Crippen LogP contribution in [0.15, 0.2) is 18.5 Å². The number of aromatic nitrogens is 1. The van der Waals surface area contributed by atoms with Crippen LogP contribution in [-0.2, 0) is 0 Å². The van der Waals surface area contributed by atoms with E-state index < -0.39 is 0 Å². The summed E-state index contributed by atoms with van der Waals surface area (Å²) < 4.78 is 0. The third-order valence-corrected chi connectivity index (χ3v) is 3.86. The monoisotopic (exact) mass is 208 g/mol. The molecule has 3 heteroatoms. The smallest absolute Gasteiger partial charge is 0.0400 e. The summed E-state index contributed by atoms with van der Waals surface area (Å²) in [5.74, 6) is 3.51. The van der Waals surface area contributed by atoms with Gasteiger partial charge in [-0.05, 0) is 42.4 Å². The predicted octanol–water partition coefficient (Wildman–Crippen LogP) is 2.56. The molecule has 1 unspecified atom stereocenters. The number of thioether (sulfide) groups is 1. The van der Waals surface area contributed by atoms with Gasteiger partial charge < -0.3 is 5.32 Å². The summed E-state index contributed by atoms with van der Waals surface area (Å²) in [5, 5.41) is 3.50. The number of nitrogens with one attached hydrogen (secondary N) is 1. The van der Waals surface area contributed by atoms with Crippen LogP contribution < -0.4 is 5.32 Å². The molecule has 0 spiro atoms. The molecule has 1 saturated heterocycles. The molecule has 1 aliphatic rings. The normalized spacial score (nSPS) is 21.1. The summed E-state index contributed by atoms with van der Waals surface area (Å²) in [7, 11) is 0. The molecule has 1 aliphatic heterocycles. The Morgan fingerprint density at radius 2 is 2.57 bits per heavy atom. The third kappa shape index (κ3) is 2.41. The van der Waals surface area contributed by atoms with Crippen LogP contribution in [0.25, 0.3) is 0 Å². The number of anilines is 1. The van der Waals surface area contributed by atoms with Crippen LogP contribution in [0.4, 0.5) is 5.69 Å². The molecule has 0 amide bonds. The average Bonchev–Trinajstić information content (AvgIpc) is 2.69. The largest absolute Gasteiger partial charge is 0.384 e. The molecule has 14 heavy (non-hydrogen) atoms. The van der Waals surface area contributed by atoms with Crippen LogP contribution in [0.1, 0.15) is 12.0 Å². The van der Waals surface area contributed by atoms with Gasteiger partial charge in [-0.2, -0.15) is 11.8 Å². The predicted molar refractivity (Wildman–Crippen MR) is 62.9 cm³/mol. The van der Waals surface area contributed by atoms with Crippen LogP contribution in [0, 0.1) is 12.8 Å². The van der Waals surface area contributed by atoms with Gasteiger partial charge in [-0.25, -0.2) is 0 Å². The fraction of sp³-hybridized carbons (Fsp3) is 0.545. The van der Waals surface area contributed by atoms with Gasteiger partial charge in [0.2, 0.25) is 0 Å². The first-order chi connectivity index (χ1) is 6.86. The second-order valence-electron chi connectivity index (χ2n) is 3.80. The van der Waals surface area contributed by atoms with Crippen molar-refractivity contribution in [3.63, 3.8) is 0 Å². The van der Waals surface area contributed by atoms with Crippen molar-refractivity contribution in [1.82, 2.24) is 4.98 Å². The van der Waals surface area contributed by atoms with Crippen molar-refractivity contribution < 1.29 is 0 Å². The molecular weight excluding hydrogens is 192 g/mol. The first kappa shape index (κ1) is 9.84. The Bertz CT molecular complexity index is 295. The Morgan fingerprint density at radius 1 is 1.64 bits per heavy atom. The van der Waals surface area contributed by atoms with Crippen molar-refractivity contribution in [2.75, 3.05) is 23.4 Å². The van der Waals surface area contributed by atoms with E-state index in [0.717, 1.165) is 12.5 Å². The fourth-order valence-electron chi connectivity index (χ4n) is 1.67.